The number of nitrogens with one attached hydrogen (secondary N) is 1. The van der Waals surface area contributed by atoms with Crippen LogP contribution < -0.4 is 5.32 Å². The lowest BCUT2D eigenvalue weighted by Gasteiger charge is -2.31. The van der Waals surface area contributed by atoms with Gasteiger partial charge in [0.1, 0.15) is 5.84 Å². The highest BCUT2D eigenvalue weighted by molar-refractivity contribution is 6.18. The van der Waals surface area contributed by atoms with Crippen LogP contribution >= 0.6 is 0 Å². The molecule has 8 aromatic rings. The molecule has 1 aliphatic heterocycles. The molecule has 1 unspecified atom stereocenters. The van der Waals surface area contributed by atoms with Gasteiger partial charge in [-0.3, -0.25) is 4.99 Å². The predicted molar refractivity (Wildman–Crippen MR) is 211 cm³/mol. The molecule has 0 radical (unpaired) electrons. The zero-order valence-electron chi connectivity index (χ0n) is 27.8. The van der Waals surface area contributed by atoms with Crippen molar-refractivity contribution in [3.8, 4) is 22.3 Å². The van der Waals surface area contributed by atoms with Crippen LogP contribution in [0, 0.1) is 0 Å². The minimum atomic E-state index is -0.363. The molecule has 0 amide bonds. The Morgan fingerprint density at radius 3 is 1.73 bits per heavy atom. The molecule has 3 aliphatic rings. The molecule has 0 bridgehead atoms. The summed E-state index contributed by atoms with van der Waals surface area (Å²) >= 11 is 0. The van der Waals surface area contributed by atoms with E-state index >= 15 is 0 Å². The molecule has 238 valence electrons. The van der Waals surface area contributed by atoms with E-state index < -0.39 is 0 Å². The van der Waals surface area contributed by atoms with Gasteiger partial charge in [0.2, 0.25) is 0 Å². The fraction of sp³-hybridized carbons (Fsp3) is 0.0408. The molecular weight excluding hydrogens is 617 g/mol. The Morgan fingerprint density at radius 1 is 0.431 bits per heavy atom. The van der Waals surface area contributed by atoms with Gasteiger partial charge in [-0.1, -0.05) is 176 Å². The molecule has 0 saturated heterocycles. The average Bonchev–Trinajstić information content (AvgIpc) is 3.69. The first-order valence-corrected chi connectivity index (χ1v) is 17.8. The van der Waals surface area contributed by atoms with Crippen molar-refractivity contribution in [1.82, 2.24) is 5.32 Å². The van der Waals surface area contributed by atoms with Crippen LogP contribution in [0.15, 0.2) is 187 Å². The monoisotopic (exact) mass is 648 g/mol. The van der Waals surface area contributed by atoms with E-state index in [4.69, 9.17) is 4.99 Å². The Hall–Kier alpha value is -6.51. The lowest BCUT2D eigenvalue weighted by molar-refractivity contribution is 0.797. The van der Waals surface area contributed by atoms with E-state index in [1.165, 1.54) is 71.6 Å². The fourth-order valence-corrected chi connectivity index (χ4v) is 9.17. The first kappa shape index (κ1) is 28.3. The summed E-state index contributed by atoms with van der Waals surface area (Å²) in [6.07, 6.45) is 2.23. The van der Waals surface area contributed by atoms with Crippen molar-refractivity contribution in [3.63, 3.8) is 0 Å². The molecule has 0 fully saturated rings. The fourth-order valence-electron chi connectivity index (χ4n) is 9.17. The second kappa shape index (κ2) is 10.7. The number of hydrogen-bond donors (Lipinski definition) is 1. The van der Waals surface area contributed by atoms with E-state index in [0.717, 1.165) is 22.7 Å². The minimum absolute atomic E-state index is 0.0770. The maximum absolute atomic E-state index is 5.22. The molecule has 2 nitrogen and oxygen atoms in total. The molecule has 1 atom stereocenters. The quantitative estimate of drug-likeness (QED) is 0.189. The second-order valence-electron chi connectivity index (χ2n) is 13.9. The van der Waals surface area contributed by atoms with Crippen LogP contribution in [0.2, 0.25) is 0 Å². The van der Waals surface area contributed by atoms with Crippen molar-refractivity contribution in [2.45, 2.75) is 11.5 Å². The lowest BCUT2D eigenvalue weighted by atomic mass is 9.70. The lowest BCUT2D eigenvalue weighted by Crippen LogP contribution is -2.27. The number of amidine groups is 1. The van der Waals surface area contributed by atoms with E-state index in [9.17, 15) is 0 Å². The molecule has 11 rings (SSSR count). The topological polar surface area (TPSA) is 24.4 Å². The molecule has 8 aromatic carbocycles. The van der Waals surface area contributed by atoms with Crippen LogP contribution in [0.25, 0.3) is 49.5 Å². The highest BCUT2D eigenvalue weighted by atomic mass is 15.0. The van der Waals surface area contributed by atoms with Gasteiger partial charge in [0.05, 0.1) is 11.5 Å². The van der Waals surface area contributed by atoms with Crippen LogP contribution in [0.4, 0.5) is 0 Å². The zero-order valence-corrected chi connectivity index (χ0v) is 27.8. The van der Waals surface area contributed by atoms with Gasteiger partial charge in [-0.15, -0.1) is 0 Å². The summed E-state index contributed by atoms with van der Waals surface area (Å²) in [5.41, 5.74) is 14.7. The van der Waals surface area contributed by atoms with Crippen LogP contribution in [-0.4, -0.2) is 5.84 Å². The summed E-state index contributed by atoms with van der Waals surface area (Å²) in [5.74, 6) is 0.879. The largest absolute Gasteiger partial charge is 0.340 e. The standard InChI is InChI=1S/C49H32N2/c1-3-12-32(13-4-1)43-30-44(33-14-5-2-6-15-33)51-48(50-43)36-28-24-31(25-29-36)37-19-11-23-42-47(37)38-18-7-8-20-39(38)49(42)40-21-9-16-34-26-27-35-17-10-22-41(49)46(35)45(34)40/h1-30,43H,(H,50,51). The normalized spacial score (nSPS) is 16.2. The Kier molecular flexibility index (Phi) is 5.97. The Bertz CT molecular complexity index is 2690. The maximum Gasteiger partial charge on any atom is 0.133 e. The first-order chi connectivity index (χ1) is 25.3. The number of aliphatic imine (C=N–C) groups is 1. The number of nitrogens with zero attached hydrogens (tertiary/aromatic N) is 1. The molecule has 1 heterocycles. The van der Waals surface area contributed by atoms with E-state index in [0.29, 0.717) is 0 Å². The van der Waals surface area contributed by atoms with Crippen LogP contribution in [0.5, 0.6) is 0 Å². The third kappa shape index (κ3) is 3.96. The van der Waals surface area contributed by atoms with Gasteiger partial charge >= 0.3 is 0 Å². The summed E-state index contributed by atoms with van der Waals surface area (Å²) in [6.45, 7) is 0. The van der Waals surface area contributed by atoms with Crippen molar-refractivity contribution < 1.29 is 0 Å². The summed E-state index contributed by atoms with van der Waals surface area (Å²) in [5, 5.41) is 9.07. The van der Waals surface area contributed by atoms with Gasteiger partial charge < -0.3 is 5.32 Å². The molecule has 2 heteroatoms. The van der Waals surface area contributed by atoms with Crippen molar-refractivity contribution >= 4 is 33.1 Å². The van der Waals surface area contributed by atoms with Crippen molar-refractivity contribution in [3.05, 3.63) is 221 Å². The molecule has 0 saturated carbocycles. The average molecular weight is 649 g/mol. The minimum Gasteiger partial charge on any atom is -0.340 e. The Morgan fingerprint density at radius 2 is 1.00 bits per heavy atom. The molecule has 1 spiro atoms. The summed E-state index contributed by atoms with van der Waals surface area (Å²) in [7, 11) is 0. The third-order valence-corrected chi connectivity index (χ3v) is 11.3. The summed E-state index contributed by atoms with van der Waals surface area (Å²) in [6, 6.07) is 64.3. The van der Waals surface area contributed by atoms with E-state index in [1.807, 2.05) is 0 Å². The smallest absolute Gasteiger partial charge is 0.133 e. The zero-order chi connectivity index (χ0) is 33.5. The molecule has 2 aliphatic carbocycles. The Balaban J connectivity index is 1.06. The van der Waals surface area contributed by atoms with E-state index in [1.54, 1.807) is 0 Å². The van der Waals surface area contributed by atoms with Crippen LogP contribution in [0.3, 0.4) is 0 Å². The van der Waals surface area contributed by atoms with Gasteiger partial charge in [-0.05, 0) is 83.3 Å². The molecule has 1 N–H and O–H groups in total. The van der Waals surface area contributed by atoms with Crippen molar-refractivity contribution in [2.75, 3.05) is 0 Å². The predicted octanol–water partition coefficient (Wildman–Crippen LogP) is 11.5. The summed E-state index contributed by atoms with van der Waals surface area (Å²) in [4.78, 5) is 5.22. The Labute approximate surface area is 297 Å². The second-order valence-corrected chi connectivity index (χ2v) is 13.9. The summed E-state index contributed by atoms with van der Waals surface area (Å²) < 4.78 is 0. The van der Waals surface area contributed by atoms with Gasteiger partial charge in [0.25, 0.3) is 0 Å². The number of benzene rings is 8. The molecule has 0 aromatic heterocycles. The maximum atomic E-state index is 5.22. The third-order valence-electron chi connectivity index (χ3n) is 11.3. The number of rotatable bonds is 4. The van der Waals surface area contributed by atoms with Crippen LogP contribution in [0.1, 0.15) is 45.0 Å². The number of fused-ring (bicyclic) bond motifs is 7. The van der Waals surface area contributed by atoms with Gasteiger partial charge in [0, 0.05) is 11.3 Å². The van der Waals surface area contributed by atoms with Crippen LogP contribution in [-0.2, 0) is 5.41 Å². The highest BCUT2D eigenvalue weighted by Crippen LogP contribution is 2.63. The van der Waals surface area contributed by atoms with E-state index in [2.05, 4.69) is 187 Å². The van der Waals surface area contributed by atoms with Gasteiger partial charge in [-0.25, -0.2) is 0 Å². The molecule has 51 heavy (non-hydrogen) atoms. The SMILES string of the molecule is C1=C(c2ccccc2)NC(c2ccc(-c3cccc4c3-c3ccccc3C43c4cccc5ccc6cccc3c6c45)cc2)=NC1c1ccccc1. The van der Waals surface area contributed by atoms with Crippen molar-refractivity contribution in [1.29, 1.82) is 0 Å². The van der Waals surface area contributed by atoms with Gasteiger partial charge in [0.15, 0.2) is 0 Å². The first-order valence-electron chi connectivity index (χ1n) is 17.8. The van der Waals surface area contributed by atoms with Crippen molar-refractivity contribution in [2.24, 2.45) is 4.99 Å². The highest BCUT2D eigenvalue weighted by Gasteiger charge is 2.51. The molecular formula is C49H32N2. The number of hydrogen-bond acceptors (Lipinski definition) is 2. The van der Waals surface area contributed by atoms with E-state index in [-0.39, 0.29) is 11.5 Å². The van der Waals surface area contributed by atoms with Gasteiger partial charge in [-0.2, -0.15) is 0 Å².